The molecule has 0 heterocycles. The molecular weight excluding hydrogens is 452 g/mol. The van der Waals surface area contributed by atoms with Crippen molar-refractivity contribution in [2.45, 2.75) is 6.61 Å². The van der Waals surface area contributed by atoms with Crippen molar-refractivity contribution >= 4 is 49.5 Å². The average molecular weight is 462 g/mol. The number of aldehydes is 1. The molecule has 0 aliphatic heterocycles. The standard InChI is InChI=1S/C7H6BrNO3.C7H4BrNO3/c2*8-6-2-1-5(4-10)7(3-6)9(11)12/h1-3,10H,4H2;1-4H. The van der Waals surface area contributed by atoms with Gasteiger partial charge < -0.3 is 5.11 Å². The third kappa shape index (κ3) is 5.48. The predicted octanol–water partition coefficient (Wildman–Crippen LogP) is 4.02. The molecule has 2 rings (SSSR count). The number of hydrogen-bond donors (Lipinski definition) is 1. The summed E-state index contributed by atoms with van der Waals surface area (Å²) >= 11 is 6.18. The van der Waals surface area contributed by atoms with E-state index in [1.165, 1.54) is 24.3 Å². The van der Waals surface area contributed by atoms with Gasteiger partial charge >= 0.3 is 0 Å². The highest BCUT2D eigenvalue weighted by molar-refractivity contribution is 9.10. The van der Waals surface area contributed by atoms with Crippen molar-refractivity contribution in [2.24, 2.45) is 0 Å². The molecule has 8 nitrogen and oxygen atoms in total. The summed E-state index contributed by atoms with van der Waals surface area (Å²) in [5.74, 6) is 0. The molecule has 0 saturated carbocycles. The van der Waals surface area contributed by atoms with E-state index in [1.807, 2.05) is 0 Å². The maximum atomic E-state index is 10.4. The number of halogens is 2. The fourth-order valence-electron chi connectivity index (χ4n) is 1.62. The molecule has 0 aromatic heterocycles. The van der Waals surface area contributed by atoms with Crippen molar-refractivity contribution in [1.82, 2.24) is 0 Å². The number of benzene rings is 2. The normalized spacial score (nSPS) is 9.62. The van der Waals surface area contributed by atoms with E-state index in [0.717, 1.165) is 0 Å². The maximum Gasteiger partial charge on any atom is 0.281 e. The molecule has 0 radical (unpaired) electrons. The minimum atomic E-state index is -0.589. The number of carbonyl (C=O) groups excluding carboxylic acids is 1. The first-order valence-electron chi connectivity index (χ1n) is 6.23. The van der Waals surface area contributed by atoms with Crippen molar-refractivity contribution in [3.8, 4) is 0 Å². The van der Waals surface area contributed by atoms with E-state index in [4.69, 9.17) is 5.11 Å². The van der Waals surface area contributed by atoms with Crippen LogP contribution in [0.15, 0.2) is 45.3 Å². The van der Waals surface area contributed by atoms with Gasteiger partial charge in [-0.15, -0.1) is 0 Å². The van der Waals surface area contributed by atoms with Crippen LogP contribution < -0.4 is 0 Å². The van der Waals surface area contributed by atoms with Gasteiger partial charge in [0, 0.05) is 21.1 Å². The molecule has 0 saturated heterocycles. The second-order valence-electron chi connectivity index (χ2n) is 4.27. The average Bonchev–Trinajstić information content (AvgIpc) is 2.55. The Kier molecular flexibility index (Phi) is 7.62. The van der Waals surface area contributed by atoms with Gasteiger partial charge in [0.15, 0.2) is 6.29 Å². The number of aliphatic hydroxyl groups excluding tert-OH is 1. The van der Waals surface area contributed by atoms with Crippen LogP contribution in [0.3, 0.4) is 0 Å². The zero-order valence-electron chi connectivity index (χ0n) is 11.9. The second kappa shape index (κ2) is 9.21. The highest BCUT2D eigenvalue weighted by atomic mass is 79.9. The highest BCUT2D eigenvalue weighted by Gasteiger charge is 2.13. The molecular formula is C14H10Br2N2O6. The molecule has 0 aliphatic carbocycles. The zero-order chi connectivity index (χ0) is 18.3. The smallest absolute Gasteiger partial charge is 0.281 e. The van der Waals surface area contributed by atoms with Crippen LogP contribution >= 0.6 is 31.9 Å². The molecule has 2 aromatic carbocycles. The molecule has 0 fully saturated rings. The molecule has 0 spiro atoms. The Balaban J connectivity index is 0.000000240. The quantitative estimate of drug-likeness (QED) is 0.416. The summed E-state index contributed by atoms with van der Waals surface area (Å²) in [5, 5.41) is 29.5. The van der Waals surface area contributed by atoms with Crippen LogP contribution in [-0.2, 0) is 6.61 Å². The van der Waals surface area contributed by atoms with Crippen LogP contribution in [0.4, 0.5) is 11.4 Å². The Bertz CT molecular complexity index is 782. The van der Waals surface area contributed by atoms with E-state index < -0.39 is 9.85 Å². The summed E-state index contributed by atoms with van der Waals surface area (Å²) < 4.78 is 1.21. The van der Waals surface area contributed by atoms with E-state index in [9.17, 15) is 25.0 Å². The van der Waals surface area contributed by atoms with Gasteiger partial charge in [0.05, 0.1) is 27.6 Å². The summed E-state index contributed by atoms with van der Waals surface area (Å²) in [5.41, 5.74) is 0.164. The lowest BCUT2D eigenvalue weighted by molar-refractivity contribution is -0.385. The largest absolute Gasteiger partial charge is 0.391 e. The minimum absolute atomic E-state index is 0.0631. The van der Waals surface area contributed by atoms with E-state index in [2.05, 4.69) is 31.9 Å². The monoisotopic (exact) mass is 460 g/mol. The first-order chi connectivity index (χ1) is 11.3. The van der Waals surface area contributed by atoms with E-state index in [-0.39, 0.29) is 23.5 Å². The molecule has 24 heavy (non-hydrogen) atoms. The Hall–Kier alpha value is -2.17. The SMILES string of the molecule is O=Cc1ccc(Br)cc1[N+](=O)[O-].O=[N+]([O-])c1cc(Br)ccc1CO. The second-order valence-corrected chi connectivity index (χ2v) is 6.10. The van der Waals surface area contributed by atoms with Crippen LogP contribution in [0, 0.1) is 20.2 Å². The Morgan fingerprint density at radius 2 is 1.46 bits per heavy atom. The van der Waals surface area contributed by atoms with Gasteiger partial charge in [-0.1, -0.05) is 31.9 Å². The lowest BCUT2D eigenvalue weighted by Gasteiger charge is -1.98. The predicted molar refractivity (Wildman–Crippen MR) is 92.9 cm³/mol. The van der Waals surface area contributed by atoms with Gasteiger partial charge in [-0.05, 0) is 24.3 Å². The van der Waals surface area contributed by atoms with E-state index >= 15 is 0 Å². The van der Waals surface area contributed by atoms with Crippen LogP contribution in [0.5, 0.6) is 0 Å². The molecule has 1 N–H and O–H groups in total. The summed E-state index contributed by atoms with van der Waals surface area (Å²) in [4.78, 5) is 30.0. The van der Waals surface area contributed by atoms with Crippen molar-refractivity contribution < 1.29 is 19.7 Å². The summed E-state index contributed by atoms with van der Waals surface area (Å²) in [7, 11) is 0. The molecule has 10 heteroatoms. The Morgan fingerprint density at radius 1 is 0.958 bits per heavy atom. The Morgan fingerprint density at radius 3 is 1.92 bits per heavy atom. The maximum absolute atomic E-state index is 10.4. The fourth-order valence-corrected chi connectivity index (χ4v) is 2.31. The van der Waals surface area contributed by atoms with Gasteiger partial charge in [-0.3, -0.25) is 25.0 Å². The molecule has 0 bridgehead atoms. The van der Waals surface area contributed by atoms with Crippen LogP contribution in [0.1, 0.15) is 15.9 Å². The van der Waals surface area contributed by atoms with Crippen molar-refractivity contribution in [1.29, 1.82) is 0 Å². The van der Waals surface area contributed by atoms with Crippen molar-refractivity contribution in [3.05, 3.63) is 76.7 Å². The third-order valence-corrected chi connectivity index (χ3v) is 3.72. The topological polar surface area (TPSA) is 124 Å². The van der Waals surface area contributed by atoms with Crippen molar-refractivity contribution in [2.75, 3.05) is 0 Å². The summed E-state index contributed by atoms with van der Waals surface area (Å²) in [6.45, 7) is -0.316. The number of aliphatic hydroxyl groups is 1. The van der Waals surface area contributed by atoms with E-state index in [1.54, 1.807) is 12.1 Å². The van der Waals surface area contributed by atoms with Gasteiger partial charge in [-0.2, -0.15) is 0 Å². The van der Waals surface area contributed by atoms with Gasteiger partial charge in [0.2, 0.25) is 0 Å². The minimum Gasteiger partial charge on any atom is -0.391 e. The number of nitrogens with zero attached hydrogens (tertiary/aromatic N) is 2. The molecule has 2 aromatic rings. The van der Waals surface area contributed by atoms with Gasteiger partial charge in [0.1, 0.15) is 0 Å². The number of nitro benzene ring substituents is 2. The fraction of sp³-hybridized carbons (Fsp3) is 0.0714. The first kappa shape index (κ1) is 19.9. The Labute approximate surface area is 152 Å². The number of rotatable bonds is 4. The van der Waals surface area contributed by atoms with Crippen LogP contribution in [0.25, 0.3) is 0 Å². The van der Waals surface area contributed by atoms with Crippen LogP contribution in [-0.4, -0.2) is 21.2 Å². The lowest BCUT2D eigenvalue weighted by atomic mass is 10.2. The number of hydrogen-bond acceptors (Lipinski definition) is 6. The van der Waals surface area contributed by atoms with Gasteiger partial charge in [-0.25, -0.2) is 0 Å². The summed E-state index contributed by atoms with van der Waals surface area (Å²) in [6.07, 6.45) is 0.463. The van der Waals surface area contributed by atoms with Crippen LogP contribution in [0.2, 0.25) is 0 Å². The molecule has 0 amide bonds. The number of nitro groups is 2. The third-order valence-electron chi connectivity index (χ3n) is 2.73. The first-order valence-corrected chi connectivity index (χ1v) is 7.81. The molecule has 0 aliphatic rings. The lowest BCUT2D eigenvalue weighted by Crippen LogP contribution is -1.94. The van der Waals surface area contributed by atoms with Crippen molar-refractivity contribution in [3.63, 3.8) is 0 Å². The van der Waals surface area contributed by atoms with E-state index in [0.29, 0.717) is 20.8 Å². The number of carbonyl (C=O) groups is 1. The van der Waals surface area contributed by atoms with Gasteiger partial charge in [0.25, 0.3) is 11.4 Å². The zero-order valence-corrected chi connectivity index (χ0v) is 15.1. The molecule has 0 unspecified atom stereocenters. The summed E-state index contributed by atoms with van der Waals surface area (Å²) in [6, 6.07) is 8.81. The molecule has 126 valence electrons. The molecule has 0 atom stereocenters. The highest BCUT2D eigenvalue weighted by Crippen LogP contribution is 2.23.